The summed E-state index contributed by atoms with van der Waals surface area (Å²) in [7, 11) is 4.80. The van der Waals surface area contributed by atoms with Gasteiger partial charge in [0.1, 0.15) is 0 Å². The van der Waals surface area contributed by atoms with Gasteiger partial charge in [0.2, 0.25) is 0 Å². The minimum Gasteiger partial charge on any atom is -0.380 e. The van der Waals surface area contributed by atoms with E-state index in [1.54, 1.807) is 0 Å². The van der Waals surface area contributed by atoms with Crippen molar-refractivity contribution in [2.75, 3.05) is 0 Å². The van der Waals surface area contributed by atoms with Gasteiger partial charge >= 0.3 is 0 Å². The molecule has 0 aromatic heterocycles. The largest absolute Gasteiger partial charge is 0.380 e. The molecule has 2 nitrogen and oxygen atoms in total. The Hall–Kier alpha value is -0.0151. The van der Waals surface area contributed by atoms with E-state index in [1.165, 1.54) is 0 Å². The lowest BCUT2D eigenvalue weighted by atomic mass is 10.1. The van der Waals surface area contributed by atoms with Crippen molar-refractivity contribution < 1.29 is 5.11 Å². The van der Waals surface area contributed by atoms with Crippen molar-refractivity contribution in [1.82, 2.24) is 0 Å². The number of aliphatic hydroxyl groups is 1. The highest BCUT2D eigenvalue weighted by Gasteiger charge is 1.81. The summed E-state index contributed by atoms with van der Waals surface area (Å²) < 4.78 is 0. The molecule has 0 fully saturated rings. The maximum Gasteiger partial charge on any atom is 0.0941 e. The molecule has 0 bridgehead atoms. The molecule has 3 N–H and O–H groups in total. The standard InChI is InChI=1S/C2H6BNO/c3-1-2(4)5/h2,5H,1,4H2. The number of nitrogens with two attached hydrogens (primary N) is 1. The first-order valence-corrected chi connectivity index (χ1v) is 1.41. The molecule has 0 aromatic rings. The van der Waals surface area contributed by atoms with Crippen LogP contribution in [0.4, 0.5) is 0 Å². The van der Waals surface area contributed by atoms with Crippen LogP contribution in [0.2, 0.25) is 6.32 Å². The highest BCUT2D eigenvalue weighted by Crippen LogP contribution is 1.69. The fourth-order valence-electron chi connectivity index (χ4n) is 0. The SMILES string of the molecule is [B]CC(N)O. The molecule has 2 radical (unpaired) electrons. The minimum absolute atomic E-state index is 0.139. The zero-order chi connectivity index (χ0) is 4.28. The monoisotopic (exact) mass is 71.1 g/mol. The third-order valence-corrected chi connectivity index (χ3v) is 0.241. The van der Waals surface area contributed by atoms with Gasteiger partial charge in [0, 0.05) is 0 Å². The van der Waals surface area contributed by atoms with Crippen LogP contribution in [0.15, 0.2) is 0 Å². The van der Waals surface area contributed by atoms with Crippen LogP contribution in [-0.4, -0.2) is 19.2 Å². The molecule has 0 aliphatic rings. The van der Waals surface area contributed by atoms with Crippen LogP contribution in [0.1, 0.15) is 0 Å². The summed E-state index contributed by atoms with van der Waals surface area (Å²) in [5, 5.41) is 8.01. The lowest BCUT2D eigenvalue weighted by Crippen LogP contribution is -2.16. The molecule has 5 heavy (non-hydrogen) atoms. The summed E-state index contributed by atoms with van der Waals surface area (Å²) in [6.45, 7) is 0. The lowest BCUT2D eigenvalue weighted by Gasteiger charge is -1.91. The zero-order valence-electron chi connectivity index (χ0n) is 2.89. The Morgan fingerprint density at radius 3 is 2.20 bits per heavy atom. The van der Waals surface area contributed by atoms with E-state index in [4.69, 9.17) is 18.7 Å². The van der Waals surface area contributed by atoms with Crippen molar-refractivity contribution in [1.29, 1.82) is 0 Å². The quantitative estimate of drug-likeness (QED) is 0.303. The molecule has 0 aliphatic heterocycles. The van der Waals surface area contributed by atoms with Crippen LogP contribution in [-0.2, 0) is 0 Å². The normalized spacial score (nSPS) is 14.8. The number of rotatable bonds is 1. The van der Waals surface area contributed by atoms with Gasteiger partial charge in [-0.1, -0.05) is 6.32 Å². The molecule has 28 valence electrons. The summed E-state index contributed by atoms with van der Waals surface area (Å²) in [4.78, 5) is 0. The van der Waals surface area contributed by atoms with Crippen LogP contribution in [0.25, 0.3) is 0 Å². The van der Waals surface area contributed by atoms with Crippen molar-refractivity contribution in [2.45, 2.75) is 12.5 Å². The third kappa shape index (κ3) is 3.98. The predicted molar refractivity (Wildman–Crippen MR) is 20.8 cm³/mol. The van der Waals surface area contributed by atoms with E-state index in [0.717, 1.165) is 0 Å². The molecule has 1 unspecified atom stereocenters. The average molecular weight is 70.9 g/mol. The van der Waals surface area contributed by atoms with Crippen molar-refractivity contribution in [3.8, 4) is 0 Å². The van der Waals surface area contributed by atoms with E-state index in [-0.39, 0.29) is 6.32 Å². The van der Waals surface area contributed by atoms with E-state index >= 15 is 0 Å². The summed E-state index contributed by atoms with van der Waals surface area (Å²) in [5.41, 5.74) is 4.72. The summed E-state index contributed by atoms with van der Waals surface area (Å²) in [6.07, 6.45) is -0.699. The summed E-state index contributed by atoms with van der Waals surface area (Å²) in [5.74, 6) is 0. The Labute approximate surface area is 32.4 Å². The second-order valence-electron chi connectivity index (χ2n) is 0.803. The minimum atomic E-state index is -0.838. The van der Waals surface area contributed by atoms with Crippen molar-refractivity contribution in [2.24, 2.45) is 5.73 Å². The number of hydrogen-bond donors (Lipinski definition) is 2. The average Bonchev–Trinajstić information content (AvgIpc) is 1.38. The molecule has 0 rings (SSSR count). The smallest absolute Gasteiger partial charge is 0.0941 e. The second kappa shape index (κ2) is 2.24. The van der Waals surface area contributed by atoms with Gasteiger partial charge in [-0.25, -0.2) is 0 Å². The molecule has 3 heteroatoms. The van der Waals surface area contributed by atoms with Gasteiger partial charge in [-0.15, -0.1) is 0 Å². The van der Waals surface area contributed by atoms with Gasteiger partial charge in [-0.2, -0.15) is 0 Å². The first-order valence-electron chi connectivity index (χ1n) is 1.41. The second-order valence-corrected chi connectivity index (χ2v) is 0.803. The molecule has 0 aromatic carbocycles. The van der Waals surface area contributed by atoms with Gasteiger partial charge in [-0.05, 0) is 0 Å². The lowest BCUT2D eigenvalue weighted by molar-refractivity contribution is 0.203. The van der Waals surface area contributed by atoms with Gasteiger partial charge in [0.15, 0.2) is 0 Å². The van der Waals surface area contributed by atoms with Crippen LogP contribution < -0.4 is 5.73 Å². The molecule has 0 saturated heterocycles. The Morgan fingerprint density at radius 2 is 2.20 bits per heavy atom. The molecule has 0 heterocycles. The summed E-state index contributed by atoms with van der Waals surface area (Å²) in [6, 6.07) is 0. The van der Waals surface area contributed by atoms with E-state index in [1.807, 2.05) is 0 Å². The van der Waals surface area contributed by atoms with Crippen LogP contribution >= 0.6 is 0 Å². The Kier molecular flexibility index (Phi) is 2.23. The van der Waals surface area contributed by atoms with Crippen molar-refractivity contribution in [3.05, 3.63) is 0 Å². The zero-order valence-corrected chi connectivity index (χ0v) is 2.89. The van der Waals surface area contributed by atoms with Gasteiger partial charge < -0.3 is 10.8 Å². The van der Waals surface area contributed by atoms with Crippen molar-refractivity contribution in [3.63, 3.8) is 0 Å². The Morgan fingerprint density at radius 1 is 2.00 bits per heavy atom. The fraction of sp³-hybridized carbons (Fsp3) is 1.00. The summed E-state index contributed by atoms with van der Waals surface area (Å²) >= 11 is 0. The highest BCUT2D eigenvalue weighted by molar-refractivity contribution is 6.08. The number of aliphatic hydroxyl groups excluding tert-OH is 1. The predicted octanol–water partition coefficient (Wildman–Crippen LogP) is -1.15. The van der Waals surface area contributed by atoms with E-state index in [2.05, 4.69) is 0 Å². The van der Waals surface area contributed by atoms with Crippen LogP contribution in [0.5, 0.6) is 0 Å². The topological polar surface area (TPSA) is 46.2 Å². The molecule has 0 amide bonds. The van der Waals surface area contributed by atoms with E-state index < -0.39 is 6.23 Å². The molecule has 0 aliphatic carbocycles. The first-order chi connectivity index (χ1) is 2.27. The van der Waals surface area contributed by atoms with Gasteiger partial charge in [0.25, 0.3) is 0 Å². The van der Waals surface area contributed by atoms with E-state index in [0.29, 0.717) is 0 Å². The molecule has 0 saturated carbocycles. The van der Waals surface area contributed by atoms with Crippen LogP contribution in [0, 0.1) is 0 Å². The molecular formula is C2H6BNO. The first kappa shape index (κ1) is 4.98. The third-order valence-electron chi connectivity index (χ3n) is 0.241. The van der Waals surface area contributed by atoms with Gasteiger partial charge in [0.05, 0.1) is 14.1 Å². The molecule has 1 atom stereocenters. The fourth-order valence-corrected chi connectivity index (χ4v) is 0. The van der Waals surface area contributed by atoms with Crippen LogP contribution in [0.3, 0.4) is 0 Å². The Bertz CT molecular complexity index is 23.6. The van der Waals surface area contributed by atoms with Gasteiger partial charge in [-0.3, -0.25) is 0 Å². The highest BCUT2D eigenvalue weighted by atomic mass is 16.3. The number of hydrogen-bond acceptors (Lipinski definition) is 2. The van der Waals surface area contributed by atoms with E-state index in [9.17, 15) is 0 Å². The Balaban J connectivity index is 2.54. The molecule has 0 spiro atoms. The maximum absolute atomic E-state index is 8.01. The van der Waals surface area contributed by atoms with Crippen molar-refractivity contribution >= 4 is 7.85 Å². The maximum atomic E-state index is 8.01. The molecular weight excluding hydrogens is 64.8 g/mol.